The van der Waals surface area contributed by atoms with Crippen molar-refractivity contribution in [3.8, 4) is 33.4 Å². The SMILES string of the molecule is C=C/C=C(\C=C)c1cc(-c2ccccc2)cc(-c2ccc3c(c2)-c2c(CC)cccc2C3)c1. The van der Waals surface area contributed by atoms with E-state index in [0.29, 0.717) is 0 Å². The zero-order chi connectivity index (χ0) is 22.8. The third-order valence-electron chi connectivity index (χ3n) is 6.60. The second kappa shape index (κ2) is 8.92. The van der Waals surface area contributed by atoms with Gasteiger partial charge in [0.2, 0.25) is 0 Å². The highest BCUT2D eigenvalue weighted by atomic mass is 14.2. The van der Waals surface area contributed by atoms with Crippen LogP contribution in [-0.2, 0) is 12.8 Å². The quantitative estimate of drug-likeness (QED) is 0.239. The number of rotatable bonds is 6. The number of aryl methyl sites for hydroxylation is 1. The average Bonchev–Trinajstić information content (AvgIpc) is 3.25. The number of hydrogen-bond acceptors (Lipinski definition) is 0. The van der Waals surface area contributed by atoms with Crippen LogP contribution in [-0.4, -0.2) is 0 Å². The van der Waals surface area contributed by atoms with Gasteiger partial charge in [0.1, 0.15) is 0 Å². The van der Waals surface area contributed by atoms with Gasteiger partial charge in [-0.25, -0.2) is 0 Å². The van der Waals surface area contributed by atoms with Gasteiger partial charge in [0.15, 0.2) is 0 Å². The fourth-order valence-corrected chi connectivity index (χ4v) is 4.96. The van der Waals surface area contributed by atoms with Gasteiger partial charge in [-0.1, -0.05) is 99.0 Å². The van der Waals surface area contributed by atoms with Gasteiger partial charge in [-0.05, 0) is 98.3 Å². The molecular formula is C33H28. The van der Waals surface area contributed by atoms with E-state index in [1.54, 1.807) is 0 Å². The molecule has 1 aliphatic rings. The predicted octanol–water partition coefficient (Wildman–Crippen LogP) is 8.91. The Balaban J connectivity index is 1.70. The monoisotopic (exact) mass is 424 g/mol. The standard InChI is InChI=1S/C33H28/c1-4-11-23(5-2)29-19-30(25-12-8-7-9-13-25)21-31(20-29)26-16-17-27-18-28-15-10-14-24(6-3)33(28)32(27)22-26/h4-5,7-17,19-22H,1-2,6,18H2,3H3/b23-11+. The molecule has 0 spiro atoms. The van der Waals surface area contributed by atoms with Crippen LogP contribution in [0, 0.1) is 0 Å². The van der Waals surface area contributed by atoms with Crippen LogP contribution < -0.4 is 0 Å². The number of fused-ring (bicyclic) bond motifs is 3. The molecule has 0 heteroatoms. The highest BCUT2D eigenvalue weighted by Gasteiger charge is 2.21. The van der Waals surface area contributed by atoms with Crippen molar-refractivity contribution >= 4 is 5.57 Å². The molecule has 0 heterocycles. The molecule has 1 aliphatic carbocycles. The summed E-state index contributed by atoms with van der Waals surface area (Å²) in [6, 6.07) is 31.1. The van der Waals surface area contributed by atoms with E-state index in [0.717, 1.165) is 24.0 Å². The molecule has 0 radical (unpaired) electrons. The van der Waals surface area contributed by atoms with E-state index >= 15 is 0 Å². The molecule has 0 fully saturated rings. The van der Waals surface area contributed by atoms with Crippen molar-refractivity contribution in [2.75, 3.05) is 0 Å². The van der Waals surface area contributed by atoms with Gasteiger partial charge in [-0.15, -0.1) is 0 Å². The summed E-state index contributed by atoms with van der Waals surface area (Å²) >= 11 is 0. The largest absolute Gasteiger partial charge is 0.0990 e. The van der Waals surface area contributed by atoms with Crippen LogP contribution >= 0.6 is 0 Å². The fraction of sp³-hybridized carbons (Fsp3) is 0.0909. The summed E-state index contributed by atoms with van der Waals surface area (Å²) in [5, 5.41) is 0. The van der Waals surface area contributed by atoms with Crippen LogP contribution in [0.5, 0.6) is 0 Å². The number of benzene rings is 4. The normalized spacial score (nSPS) is 12.2. The first-order valence-electron chi connectivity index (χ1n) is 11.6. The maximum atomic E-state index is 4.04. The molecule has 4 aromatic carbocycles. The summed E-state index contributed by atoms with van der Waals surface area (Å²) in [5.74, 6) is 0. The Morgan fingerprint density at radius 2 is 1.55 bits per heavy atom. The van der Waals surface area contributed by atoms with Crippen molar-refractivity contribution in [1.82, 2.24) is 0 Å². The van der Waals surface area contributed by atoms with Gasteiger partial charge in [-0.3, -0.25) is 0 Å². The second-order valence-corrected chi connectivity index (χ2v) is 8.58. The Hall–Kier alpha value is -3.90. The first-order chi connectivity index (χ1) is 16.2. The van der Waals surface area contributed by atoms with Crippen molar-refractivity contribution in [2.24, 2.45) is 0 Å². The van der Waals surface area contributed by atoms with Gasteiger partial charge in [0, 0.05) is 0 Å². The molecule has 0 amide bonds. The van der Waals surface area contributed by atoms with E-state index in [1.807, 2.05) is 18.2 Å². The molecule has 0 atom stereocenters. The van der Waals surface area contributed by atoms with Crippen LogP contribution in [0.15, 0.2) is 116 Å². The van der Waals surface area contributed by atoms with Crippen LogP contribution in [0.3, 0.4) is 0 Å². The molecule has 0 saturated carbocycles. The van der Waals surface area contributed by atoms with Crippen molar-refractivity contribution in [1.29, 1.82) is 0 Å². The molecule has 160 valence electrons. The smallest absolute Gasteiger partial charge is 0.00133 e. The molecule has 0 bridgehead atoms. The van der Waals surface area contributed by atoms with Crippen molar-refractivity contribution < 1.29 is 0 Å². The molecule has 0 aliphatic heterocycles. The van der Waals surface area contributed by atoms with Crippen LogP contribution in [0.2, 0.25) is 0 Å². The maximum Gasteiger partial charge on any atom is -0.00133 e. The lowest BCUT2D eigenvalue weighted by Crippen LogP contribution is -1.90. The molecule has 0 N–H and O–H groups in total. The van der Waals surface area contributed by atoms with Crippen LogP contribution in [0.4, 0.5) is 0 Å². The minimum Gasteiger partial charge on any atom is -0.0990 e. The highest BCUT2D eigenvalue weighted by molar-refractivity contribution is 5.87. The first kappa shape index (κ1) is 21.0. The lowest BCUT2D eigenvalue weighted by molar-refractivity contribution is 1.14. The lowest BCUT2D eigenvalue weighted by atomic mass is 9.91. The minimum absolute atomic E-state index is 1.02. The Morgan fingerprint density at radius 1 is 0.758 bits per heavy atom. The maximum absolute atomic E-state index is 4.04. The zero-order valence-corrected chi connectivity index (χ0v) is 19.1. The Kier molecular flexibility index (Phi) is 5.67. The topological polar surface area (TPSA) is 0 Å². The van der Waals surface area contributed by atoms with Crippen LogP contribution in [0.1, 0.15) is 29.2 Å². The lowest BCUT2D eigenvalue weighted by Gasteiger charge is -2.13. The van der Waals surface area contributed by atoms with E-state index in [4.69, 9.17) is 0 Å². The summed E-state index contributed by atoms with van der Waals surface area (Å²) in [4.78, 5) is 0. The summed E-state index contributed by atoms with van der Waals surface area (Å²) in [6.07, 6.45) is 7.83. The summed E-state index contributed by atoms with van der Waals surface area (Å²) in [5.41, 5.74) is 14.2. The predicted molar refractivity (Wildman–Crippen MR) is 143 cm³/mol. The molecule has 33 heavy (non-hydrogen) atoms. The number of allylic oxidation sites excluding steroid dienone is 4. The van der Waals surface area contributed by atoms with E-state index in [1.165, 1.54) is 50.1 Å². The van der Waals surface area contributed by atoms with Gasteiger partial charge >= 0.3 is 0 Å². The van der Waals surface area contributed by atoms with Crippen LogP contribution in [0.25, 0.3) is 39.0 Å². The minimum atomic E-state index is 1.02. The first-order valence-corrected chi connectivity index (χ1v) is 11.6. The zero-order valence-electron chi connectivity index (χ0n) is 19.1. The van der Waals surface area contributed by atoms with E-state index in [9.17, 15) is 0 Å². The van der Waals surface area contributed by atoms with Crippen molar-refractivity contribution in [3.63, 3.8) is 0 Å². The Morgan fingerprint density at radius 3 is 2.27 bits per heavy atom. The van der Waals surface area contributed by atoms with E-state index in [2.05, 4.69) is 105 Å². The molecule has 5 rings (SSSR count). The third kappa shape index (κ3) is 3.90. The third-order valence-corrected chi connectivity index (χ3v) is 6.60. The van der Waals surface area contributed by atoms with E-state index < -0.39 is 0 Å². The van der Waals surface area contributed by atoms with Gasteiger partial charge in [-0.2, -0.15) is 0 Å². The highest BCUT2D eigenvalue weighted by Crippen LogP contribution is 2.42. The fourth-order valence-electron chi connectivity index (χ4n) is 4.96. The molecule has 4 aromatic rings. The molecule has 0 aromatic heterocycles. The molecule has 0 saturated heterocycles. The van der Waals surface area contributed by atoms with Gasteiger partial charge in [0.05, 0.1) is 0 Å². The summed E-state index contributed by atoms with van der Waals surface area (Å²) in [6.45, 7) is 10.2. The summed E-state index contributed by atoms with van der Waals surface area (Å²) in [7, 11) is 0. The Labute approximate surface area is 197 Å². The molecular weight excluding hydrogens is 396 g/mol. The molecule has 0 unspecified atom stereocenters. The Bertz CT molecular complexity index is 1380. The van der Waals surface area contributed by atoms with Gasteiger partial charge in [0.25, 0.3) is 0 Å². The summed E-state index contributed by atoms with van der Waals surface area (Å²) < 4.78 is 0. The van der Waals surface area contributed by atoms with Gasteiger partial charge < -0.3 is 0 Å². The molecule has 0 nitrogen and oxygen atoms in total. The second-order valence-electron chi connectivity index (χ2n) is 8.58. The number of hydrogen-bond donors (Lipinski definition) is 0. The van der Waals surface area contributed by atoms with E-state index in [-0.39, 0.29) is 0 Å². The average molecular weight is 425 g/mol. The van der Waals surface area contributed by atoms with Crippen molar-refractivity contribution in [2.45, 2.75) is 19.8 Å². The van der Waals surface area contributed by atoms with Crippen molar-refractivity contribution in [3.05, 3.63) is 139 Å².